The van der Waals surface area contributed by atoms with Gasteiger partial charge in [-0.3, -0.25) is 14.6 Å². The molecule has 0 saturated carbocycles. The van der Waals surface area contributed by atoms with Gasteiger partial charge in [-0.2, -0.15) is 0 Å². The minimum Gasteiger partial charge on any atom is -0.375 e. The molecule has 0 unspecified atom stereocenters. The van der Waals surface area contributed by atoms with Crippen LogP contribution in [0.4, 0.5) is 0 Å². The van der Waals surface area contributed by atoms with Crippen molar-refractivity contribution >= 4 is 5.91 Å². The van der Waals surface area contributed by atoms with Gasteiger partial charge in [-0.25, -0.2) is 4.98 Å². The van der Waals surface area contributed by atoms with Crippen LogP contribution in [0.1, 0.15) is 17.3 Å². The minimum atomic E-state index is -0.481. The molecule has 1 aliphatic heterocycles. The first-order valence-electron chi connectivity index (χ1n) is 8.19. The number of amides is 1. The summed E-state index contributed by atoms with van der Waals surface area (Å²) in [6, 6.07) is 3.38. The van der Waals surface area contributed by atoms with E-state index in [2.05, 4.69) is 25.2 Å². The molecule has 0 aromatic carbocycles. The molecule has 132 valence electrons. The Morgan fingerprint density at radius 2 is 2.28 bits per heavy atom. The topological polar surface area (TPSA) is 100 Å². The molecule has 3 heterocycles. The number of aromatic amines is 1. The number of H-pyrrole nitrogens is 1. The summed E-state index contributed by atoms with van der Waals surface area (Å²) < 4.78 is 5.66. The van der Waals surface area contributed by atoms with Gasteiger partial charge < -0.3 is 19.9 Å². The molecule has 1 amide bonds. The molecule has 0 bridgehead atoms. The third-order valence-corrected chi connectivity index (χ3v) is 4.12. The van der Waals surface area contributed by atoms with E-state index in [1.807, 2.05) is 14.0 Å². The number of nitrogens with one attached hydrogen (secondary N) is 2. The van der Waals surface area contributed by atoms with E-state index in [9.17, 15) is 9.59 Å². The normalized spacial score (nSPS) is 20.6. The lowest BCUT2D eigenvalue weighted by atomic mass is 10.2. The van der Waals surface area contributed by atoms with Crippen molar-refractivity contribution < 1.29 is 9.53 Å². The lowest BCUT2D eigenvalue weighted by Gasteiger charge is -2.19. The van der Waals surface area contributed by atoms with Crippen molar-refractivity contribution in [3.8, 4) is 11.4 Å². The van der Waals surface area contributed by atoms with Crippen LogP contribution >= 0.6 is 0 Å². The maximum atomic E-state index is 12.5. The summed E-state index contributed by atoms with van der Waals surface area (Å²) in [6.07, 6.45) is 4.45. The first kappa shape index (κ1) is 17.2. The summed E-state index contributed by atoms with van der Waals surface area (Å²) in [5.41, 5.74) is 0.184. The smallest absolute Gasteiger partial charge is 0.264 e. The Morgan fingerprint density at radius 3 is 2.96 bits per heavy atom. The fourth-order valence-corrected chi connectivity index (χ4v) is 2.94. The molecule has 0 radical (unpaired) electrons. The Bertz CT molecular complexity index is 792. The number of carbonyl (C=O) groups excluding carboxylic acids is 1. The molecule has 0 aliphatic carbocycles. The van der Waals surface area contributed by atoms with Crippen LogP contribution in [-0.4, -0.2) is 64.6 Å². The van der Waals surface area contributed by atoms with Gasteiger partial charge in [0.2, 0.25) is 0 Å². The summed E-state index contributed by atoms with van der Waals surface area (Å²) in [5, 5.41) is 2.88. The van der Waals surface area contributed by atoms with Gasteiger partial charge >= 0.3 is 0 Å². The Balaban J connectivity index is 1.75. The fourth-order valence-electron chi connectivity index (χ4n) is 2.94. The molecule has 1 saturated heterocycles. The van der Waals surface area contributed by atoms with Crippen LogP contribution in [0.25, 0.3) is 11.4 Å². The highest BCUT2D eigenvalue weighted by Gasteiger charge is 2.33. The number of ether oxygens (including phenoxy) is 1. The molecule has 1 aliphatic rings. The van der Waals surface area contributed by atoms with Crippen molar-refractivity contribution in [1.29, 1.82) is 0 Å². The molecule has 8 heteroatoms. The van der Waals surface area contributed by atoms with Gasteiger partial charge in [0.05, 0.1) is 12.1 Å². The van der Waals surface area contributed by atoms with Gasteiger partial charge in [0.15, 0.2) is 0 Å². The van der Waals surface area contributed by atoms with Crippen molar-refractivity contribution in [2.75, 3.05) is 26.7 Å². The second kappa shape index (κ2) is 7.54. The van der Waals surface area contributed by atoms with Crippen LogP contribution in [0.2, 0.25) is 0 Å². The van der Waals surface area contributed by atoms with Crippen molar-refractivity contribution in [1.82, 2.24) is 25.2 Å². The van der Waals surface area contributed by atoms with Gasteiger partial charge in [0, 0.05) is 43.9 Å². The first-order chi connectivity index (χ1) is 12.1. The number of hydrogen-bond donors (Lipinski definition) is 2. The zero-order valence-corrected chi connectivity index (χ0v) is 14.2. The molecule has 2 N–H and O–H groups in total. The predicted octanol–water partition coefficient (Wildman–Crippen LogP) is 0.281. The van der Waals surface area contributed by atoms with Crippen LogP contribution in [0.15, 0.2) is 35.5 Å². The molecule has 8 nitrogen and oxygen atoms in total. The summed E-state index contributed by atoms with van der Waals surface area (Å²) >= 11 is 0. The average Bonchev–Trinajstić information content (AvgIpc) is 2.95. The van der Waals surface area contributed by atoms with Gasteiger partial charge in [-0.05, 0) is 26.1 Å². The van der Waals surface area contributed by atoms with E-state index in [0.717, 1.165) is 6.54 Å². The number of hydrogen-bond acceptors (Lipinski definition) is 6. The van der Waals surface area contributed by atoms with Gasteiger partial charge in [0.25, 0.3) is 11.5 Å². The van der Waals surface area contributed by atoms with Crippen LogP contribution in [0.3, 0.4) is 0 Å². The molecular formula is C17H21N5O3. The third-order valence-electron chi connectivity index (χ3n) is 4.12. The molecule has 1 fully saturated rings. The van der Waals surface area contributed by atoms with E-state index in [1.165, 1.54) is 6.20 Å². The second-order valence-corrected chi connectivity index (χ2v) is 6.01. The molecular weight excluding hydrogens is 322 g/mol. The highest BCUT2D eigenvalue weighted by atomic mass is 16.5. The lowest BCUT2D eigenvalue weighted by Crippen LogP contribution is -2.45. The van der Waals surface area contributed by atoms with Crippen LogP contribution in [0, 0.1) is 0 Å². The van der Waals surface area contributed by atoms with E-state index in [0.29, 0.717) is 24.5 Å². The SMILES string of the molecule is CCO[C@@H]1CN(C)C[C@H]1NC(=O)c1cnc(-c2cccnc2)[nH]c1=O. The predicted molar refractivity (Wildman–Crippen MR) is 92.3 cm³/mol. The van der Waals surface area contributed by atoms with E-state index < -0.39 is 11.5 Å². The van der Waals surface area contributed by atoms with Crippen LogP contribution in [-0.2, 0) is 4.74 Å². The molecule has 2 aromatic heterocycles. The zero-order chi connectivity index (χ0) is 17.8. The highest BCUT2D eigenvalue weighted by molar-refractivity contribution is 5.93. The van der Waals surface area contributed by atoms with Gasteiger partial charge in [-0.15, -0.1) is 0 Å². The highest BCUT2D eigenvalue weighted by Crippen LogP contribution is 2.13. The van der Waals surface area contributed by atoms with E-state index in [1.54, 1.807) is 24.5 Å². The quantitative estimate of drug-likeness (QED) is 0.809. The second-order valence-electron chi connectivity index (χ2n) is 6.01. The van der Waals surface area contributed by atoms with Crippen molar-refractivity contribution in [3.05, 3.63) is 46.6 Å². The largest absolute Gasteiger partial charge is 0.375 e. The standard InChI is InChI=1S/C17H21N5O3/c1-3-25-14-10-22(2)9-13(14)20-16(23)12-8-19-15(21-17(12)24)11-5-4-6-18-7-11/h4-8,13-14H,3,9-10H2,1-2H3,(H,20,23)(H,19,21,24)/t13-,14-/m1/s1. The molecule has 2 atom stereocenters. The summed E-state index contributed by atoms with van der Waals surface area (Å²) in [4.78, 5) is 37.6. The Labute approximate surface area is 145 Å². The minimum absolute atomic E-state index is 0.0163. The summed E-state index contributed by atoms with van der Waals surface area (Å²) in [6.45, 7) is 3.92. The van der Waals surface area contributed by atoms with E-state index in [4.69, 9.17) is 4.74 Å². The Kier molecular flexibility index (Phi) is 5.20. The monoisotopic (exact) mass is 343 g/mol. The van der Waals surface area contributed by atoms with Crippen molar-refractivity contribution in [2.45, 2.75) is 19.1 Å². The summed E-state index contributed by atoms with van der Waals surface area (Å²) in [5.74, 6) is -0.0704. The number of nitrogens with zero attached hydrogens (tertiary/aromatic N) is 3. The third kappa shape index (κ3) is 3.92. The lowest BCUT2D eigenvalue weighted by molar-refractivity contribution is 0.0513. The van der Waals surface area contributed by atoms with Crippen LogP contribution in [0.5, 0.6) is 0 Å². The maximum Gasteiger partial charge on any atom is 0.264 e. The number of carbonyl (C=O) groups is 1. The molecule has 25 heavy (non-hydrogen) atoms. The average molecular weight is 343 g/mol. The molecule has 3 rings (SSSR count). The summed E-state index contributed by atoms with van der Waals surface area (Å²) in [7, 11) is 1.97. The number of aromatic nitrogens is 3. The first-order valence-corrected chi connectivity index (χ1v) is 8.19. The van der Waals surface area contributed by atoms with E-state index in [-0.39, 0.29) is 17.7 Å². The number of rotatable bonds is 5. The number of likely N-dealkylation sites (N-methyl/N-ethyl adjacent to an activating group) is 1. The van der Waals surface area contributed by atoms with Gasteiger partial charge in [-0.1, -0.05) is 0 Å². The van der Waals surface area contributed by atoms with Crippen LogP contribution < -0.4 is 10.9 Å². The number of pyridine rings is 1. The fraction of sp³-hybridized carbons (Fsp3) is 0.412. The number of likely N-dealkylation sites (tertiary alicyclic amines) is 1. The van der Waals surface area contributed by atoms with Crippen molar-refractivity contribution in [2.24, 2.45) is 0 Å². The maximum absolute atomic E-state index is 12.5. The molecule has 2 aromatic rings. The van der Waals surface area contributed by atoms with E-state index >= 15 is 0 Å². The zero-order valence-electron chi connectivity index (χ0n) is 14.2. The van der Waals surface area contributed by atoms with Gasteiger partial charge in [0.1, 0.15) is 11.4 Å². The molecule has 0 spiro atoms. The van der Waals surface area contributed by atoms with Crippen molar-refractivity contribution in [3.63, 3.8) is 0 Å². The Morgan fingerprint density at radius 1 is 1.44 bits per heavy atom. The Hall–Kier alpha value is -2.58.